The molecule has 0 aromatic carbocycles. The summed E-state index contributed by atoms with van der Waals surface area (Å²) in [4.78, 5) is 2.56. The van der Waals surface area contributed by atoms with Crippen LogP contribution in [0.25, 0.3) is 0 Å². The van der Waals surface area contributed by atoms with E-state index in [2.05, 4.69) is 23.2 Å². The Hall–Kier alpha value is -0.800. The molecule has 0 amide bonds. The number of rotatable bonds is 9. The molecule has 3 nitrogen and oxygen atoms in total. The van der Waals surface area contributed by atoms with Crippen LogP contribution >= 0.6 is 0 Å². The average molecular weight is 236 g/mol. The molecule has 1 aliphatic rings. The van der Waals surface area contributed by atoms with Crippen molar-refractivity contribution in [2.24, 2.45) is 0 Å². The van der Waals surface area contributed by atoms with E-state index in [4.69, 9.17) is 4.42 Å². The SMILES string of the molecule is CCCNCCCN(Cc1ccco1)C1CC1. The van der Waals surface area contributed by atoms with E-state index < -0.39 is 0 Å². The van der Waals surface area contributed by atoms with Crippen molar-refractivity contribution in [3.05, 3.63) is 24.2 Å². The van der Waals surface area contributed by atoms with Gasteiger partial charge in [-0.25, -0.2) is 0 Å². The Kier molecular flexibility index (Phi) is 5.08. The summed E-state index contributed by atoms with van der Waals surface area (Å²) in [5.74, 6) is 1.10. The fourth-order valence-corrected chi connectivity index (χ4v) is 2.14. The highest BCUT2D eigenvalue weighted by atomic mass is 16.3. The molecule has 17 heavy (non-hydrogen) atoms. The summed E-state index contributed by atoms with van der Waals surface area (Å²) in [6.07, 6.45) is 6.95. The van der Waals surface area contributed by atoms with E-state index in [-0.39, 0.29) is 0 Å². The third kappa shape index (κ3) is 4.52. The van der Waals surface area contributed by atoms with Gasteiger partial charge in [-0.15, -0.1) is 0 Å². The summed E-state index contributed by atoms with van der Waals surface area (Å²) in [5, 5.41) is 3.46. The van der Waals surface area contributed by atoms with Gasteiger partial charge in [-0.3, -0.25) is 4.90 Å². The number of nitrogens with zero attached hydrogens (tertiary/aromatic N) is 1. The maximum atomic E-state index is 5.43. The first-order valence-electron chi connectivity index (χ1n) is 6.87. The second-order valence-electron chi connectivity index (χ2n) is 4.88. The van der Waals surface area contributed by atoms with E-state index in [9.17, 15) is 0 Å². The molecule has 0 atom stereocenters. The molecule has 2 rings (SSSR count). The van der Waals surface area contributed by atoms with Crippen molar-refractivity contribution in [2.75, 3.05) is 19.6 Å². The number of hydrogen-bond acceptors (Lipinski definition) is 3. The van der Waals surface area contributed by atoms with E-state index in [1.54, 1.807) is 6.26 Å². The lowest BCUT2D eigenvalue weighted by atomic mass is 10.3. The Morgan fingerprint density at radius 1 is 1.41 bits per heavy atom. The molecule has 1 N–H and O–H groups in total. The molecule has 96 valence electrons. The van der Waals surface area contributed by atoms with E-state index in [1.807, 2.05) is 6.07 Å². The molecule has 1 aliphatic carbocycles. The Morgan fingerprint density at radius 2 is 2.29 bits per heavy atom. The summed E-state index contributed by atoms with van der Waals surface area (Å²) < 4.78 is 5.43. The van der Waals surface area contributed by atoms with Gasteiger partial charge in [0.05, 0.1) is 12.8 Å². The molecule has 1 aromatic heterocycles. The van der Waals surface area contributed by atoms with Crippen LogP contribution in [0.3, 0.4) is 0 Å². The first-order chi connectivity index (χ1) is 8.40. The van der Waals surface area contributed by atoms with Gasteiger partial charge in [0.1, 0.15) is 5.76 Å². The minimum Gasteiger partial charge on any atom is -0.468 e. The Balaban J connectivity index is 1.66. The van der Waals surface area contributed by atoms with Gasteiger partial charge in [0.2, 0.25) is 0 Å². The van der Waals surface area contributed by atoms with Crippen molar-refractivity contribution in [3.63, 3.8) is 0 Å². The molecular weight excluding hydrogens is 212 g/mol. The second kappa shape index (κ2) is 6.82. The fraction of sp³-hybridized carbons (Fsp3) is 0.714. The van der Waals surface area contributed by atoms with Gasteiger partial charge in [0, 0.05) is 12.6 Å². The van der Waals surface area contributed by atoms with Crippen LogP contribution in [0.5, 0.6) is 0 Å². The van der Waals surface area contributed by atoms with Crippen LogP contribution in [0.4, 0.5) is 0 Å². The topological polar surface area (TPSA) is 28.4 Å². The highest BCUT2D eigenvalue weighted by Crippen LogP contribution is 2.28. The smallest absolute Gasteiger partial charge is 0.117 e. The molecule has 1 saturated carbocycles. The average Bonchev–Trinajstić information content (AvgIpc) is 3.06. The Labute approximate surface area is 104 Å². The third-order valence-corrected chi connectivity index (χ3v) is 3.23. The molecule has 0 bridgehead atoms. The zero-order valence-electron chi connectivity index (χ0n) is 10.8. The van der Waals surface area contributed by atoms with Crippen LogP contribution in [0, 0.1) is 0 Å². The molecule has 0 saturated heterocycles. The quantitative estimate of drug-likeness (QED) is 0.668. The monoisotopic (exact) mass is 236 g/mol. The maximum Gasteiger partial charge on any atom is 0.117 e. The molecular formula is C14H24N2O. The van der Waals surface area contributed by atoms with E-state index in [0.29, 0.717) is 0 Å². The van der Waals surface area contributed by atoms with Gasteiger partial charge in [0.25, 0.3) is 0 Å². The first-order valence-corrected chi connectivity index (χ1v) is 6.87. The number of hydrogen-bond donors (Lipinski definition) is 1. The van der Waals surface area contributed by atoms with Gasteiger partial charge in [-0.05, 0) is 50.9 Å². The van der Waals surface area contributed by atoms with Gasteiger partial charge in [-0.1, -0.05) is 6.92 Å². The number of nitrogens with one attached hydrogen (secondary N) is 1. The van der Waals surface area contributed by atoms with Gasteiger partial charge in [-0.2, -0.15) is 0 Å². The minimum atomic E-state index is 0.811. The third-order valence-electron chi connectivity index (χ3n) is 3.23. The highest BCUT2D eigenvalue weighted by molar-refractivity contribution is 4.99. The molecule has 1 fully saturated rings. The van der Waals surface area contributed by atoms with Gasteiger partial charge >= 0.3 is 0 Å². The first kappa shape index (κ1) is 12.7. The van der Waals surface area contributed by atoms with Crippen LogP contribution in [-0.2, 0) is 6.54 Å². The van der Waals surface area contributed by atoms with Crippen LogP contribution in [-0.4, -0.2) is 30.6 Å². The van der Waals surface area contributed by atoms with Crippen molar-refractivity contribution >= 4 is 0 Å². The van der Waals surface area contributed by atoms with Crippen molar-refractivity contribution in [1.29, 1.82) is 0 Å². The lowest BCUT2D eigenvalue weighted by Gasteiger charge is -2.20. The van der Waals surface area contributed by atoms with Crippen molar-refractivity contribution in [2.45, 2.75) is 45.2 Å². The summed E-state index contributed by atoms with van der Waals surface area (Å²) >= 11 is 0. The minimum absolute atomic E-state index is 0.811. The van der Waals surface area contributed by atoms with Crippen molar-refractivity contribution < 1.29 is 4.42 Å². The van der Waals surface area contributed by atoms with E-state index in [0.717, 1.165) is 31.4 Å². The molecule has 0 spiro atoms. The van der Waals surface area contributed by atoms with Crippen LogP contribution in [0.2, 0.25) is 0 Å². The van der Waals surface area contributed by atoms with Crippen LogP contribution in [0.15, 0.2) is 22.8 Å². The summed E-state index contributed by atoms with van der Waals surface area (Å²) in [7, 11) is 0. The fourth-order valence-electron chi connectivity index (χ4n) is 2.14. The standard InChI is InChI=1S/C14H24N2O/c1-2-8-15-9-4-10-16(13-6-7-13)12-14-5-3-11-17-14/h3,5,11,13,15H,2,4,6-10,12H2,1H3. The molecule has 0 unspecified atom stereocenters. The number of furan rings is 1. The largest absolute Gasteiger partial charge is 0.468 e. The lowest BCUT2D eigenvalue weighted by Crippen LogP contribution is -2.29. The molecule has 0 aliphatic heterocycles. The molecule has 0 radical (unpaired) electrons. The Bertz CT molecular complexity index is 293. The van der Waals surface area contributed by atoms with Gasteiger partial charge < -0.3 is 9.73 Å². The van der Waals surface area contributed by atoms with Gasteiger partial charge in [0.15, 0.2) is 0 Å². The highest BCUT2D eigenvalue weighted by Gasteiger charge is 2.28. The van der Waals surface area contributed by atoms with Crippen molar-refractivity contribution in [3.8, 4) is 0 Å². The van der Waals surface area contributed by atoms with E-state index >= 15 is 0 Å². The van der Waals surface area contributed by atoms with Crippen LogP contribution < -0.4 is 5.32 Å². The van der Waals surface area contributed by atoms with E-state index in [1.165, 1.54) is 32.2 Å². The summed E-state index contributed by atoms with van der Waals surface area (Å²) in [5.41, 5.74) is 0. The summed E-state index contributed by atoms with van der Waals surface area (Å²) in [6, 6.07) is 4.86. The molecule has 1 aromatic rings. The predicted octanol–water partition coefficient (Wildman–Crippen LogP) is 2.63. The lowest BCUT2D eigenvalue weighted by molar-refractivity contribution is 0.230. The zero-order valence-corrected chi connectivity index (χ0v) is 10.8. The molecule has 1 heterocycles. The normalized spacial score (nSPS) is 15.6. The van der Waals surface area contributed by atoms with Crippen LogP contribution in [0.1, 0.15) is 38.4 Å². The molecule has 3 heteroatoms. The predicted molar refractivity (Wildman–Crippen MR) is 69.9 cm³/mol. The summed E-state index contributed by atoms with van der Waals surface area (Å²) in [6.45, 7) is 6.64. The van der Waals surface area contributed by atoms with Crippen molar-refractivity contribution in [1.82, 2.24) is 10.2 Å². The maximum absolute atomic E-state index is 5.43. The Morgan fingerprint density at radius 3 is 2.94 bits per heavy atom. The zero-order chi connectivity index (χ0) is 11.9. The second-order valence-corrected chi connectivity index (χ2v) is 4.88.